The van der Waals surface area contributed by atoms with Gasteiger partial charge >= 0.3 is 0 Å². The van der Waals surface area contributed by atoms with Gasteiger partial charge in [0.15, 0.2) is 0 Å². The van der Waals surface area contributed by atoms with Gasteiger partial charge in [0.1, 0.15) is 0 Å². The van der Waals surface area contributed by atoms with Crippen LogP contribution in [0.15, 0.2) is 24.5 Å². The van der Waals surface area contributed by atoms with Crippen LogP contribution in [0.1, 0.15) is 13.3 Å². The van der Waals surface area contributed by atoms with Gasteiger partial charge < -0.3 is 10.1 Å². The predicted molar refractivity (Wildman–Crippen MR) is 65.2 cm³/mol. The summed E-state index contributed by atoms with van der Waals surface area (Å²) in [4.78, 5) is 12.0. The van der Waals surface area contributed by atoms with E-state index >= 15 is 0 Å². The molecule has 2 atom stereocenters. The van der Waals surface area contributed by atoms with Crippen molar-refractivity contribution in [3.8, 4) is 0 Å². The maximum atomic E-state index is 12.0. The van der Waals surface area contributed by atoms with Crippen LogP contribution < -0.4 is 10.7 Å². The van der Waals surface area contributed by atoms with Crippen molar-refractivity contribution in [3.05, 3.63) is 24.5 Å². The highest BCUT2D eigenvalue weighted by Crippen LogP contribution is 2.14. The van der Waals surface area contributed by atoms with Crippen molar-refractivity contribution >= 4 is 5.91 Å². The maximum absolute atomic E-state index is 12.0. The average molecular weight is 237 g/mol. The molecule has 0 aromatic carbocycles. The third-order valence-corrected chi connectivity index (χ3v) is 2.92. The van der Waals surface area contributed by atoms with Gasteiger partial charge in [-0.05, 0) is 25.1 Å². The molecule has 1 aromatic heterocycles. The Morgan fingerprint density at radius 1 is 1.41 bits per heavy atom. The Hall–Kier alpha value is -1.33. The third-order valence-electron chi connectivity index (χ3n) is 2.92. The first kappa shape index (κ1) is 12.1. The summed E-state index contributed by atoms with van der Waals surface area (Å²) < 4.78 is 7.04. The quantitative estimate of drug-likeness (QED) is 0.787. The molecule has 5 heteroatoms. The van der Waals surface area contributed by atoms with Crippen LogP contribution in [0.4, 0.5) is 0 Å². The van der Waals surface area contributed by atoms with Crippen LogP contribution in [0.5, 0.6) is 0 Å². The van der Waals surface area contributed by atoms with Gasteiger partial charge in [0.2, 0.25) is 5.91 Å². The van der Waals surface area contributed by atoms with E-state index in [0.29, 0.717) is 13.2 Å². The standard InChI is InChI=1S/C12H19N3O2/c1-2-5-13-11-9-17-8-10(11)12(16)14-15-6-3-4-7-15/h3-4,6-7,10-11,13H,2,5,8-9H2,1H3,(H,14,16). The van der Waals surface area contributed by atoms with Crippen molar-refractivity contribution in [3.63, 3.8) is 0 Å². The van der Waals surface area contributed by atoms with E-state index in [1.165, 1.54) is 0 Å². The third kappa shape index (κ3) is 3.08. The second-order valence-electron chi connectivity index (χ2n) is 4.27. The second-order valence-corrected chi connectivity index (χ2v) is 4.27. The number of amides is 1. The number of carbonyl (C=O) groups is 1. The van der Waals surface area contributed by atoms with E-state index in [1.807, 2.05) is 24.5 Å². The summed E-state index contributed by atoms with van der Waals surface area (Å²) in [6.45, 7) is 4.14. The Bertz CT molecular complexity index is 351. The monoisotopic (exact) mass is 237 g/mol. The fourth-order valence-corrected chi connectivity index (χ4v) is 1.96. The molecule has 0 spiro atoms. The average Bonchev–Trinajstić information content (AvgIpc) is 2.96. The van der Waals surface area contributed by atoms with Gasteiger partial charge in [-0.15, -0.1) is 0 Å². The fraction of sp³-hybridized carbons (Fsp3) is 0.583. The zero-order chi connectivity index (χ0) is 12.1. The number of aromatic nitrogens is 1. The Balaban J connectivity index is 1.89. The number of hydrogen-bond donors (Lipinski definition) is 2. The maximum Gasteiger partial charge on any atom is 0.245 e. The van der Waals surface area contributed by atoms with Gasteiger partial charge in [0.25, 0.3) is 0 Å². The second kappa shape index (κ2) is 5.84. The summed E-state index contributed by atoms with van der Waals surface area (Å²) >= 11 is 0. The number of rotatable bonds is 5. The molecule has 2 heterocycles. The molecule has 0 radical (unpaired) electrons. The summed E-state index contributed by atoms with van der Waals surface area (Å²) in [5, 5.41) is 3.35. The molecular formula is C12H19N3O2. The zero-order valence-corrected chi connectivity index (χ0v) is 10.1. The van der Waals surface area contributed by atoms with Crippen LogP contribution in [0, 0.1) is 5.92 Å². The minimum atomic E-state index is -0.107. The molecule has 0 bridgehead atoms. The van der Waals surface area contributed by atoms with Crippen LogP contribution in [0.3, 0.4) is 0 Å². The van der Waals surface area contributed by atoms with E-state index in [-0.39, 0.29) is 17.9 Å². The first-order valence-electron chi connectivity index (χ1n) is 6.06. The van der Waals surface area contributed by atoms with Crippen molar-refractivity contribution in [2.75, 3.05) is 25.2 Å². The molecule has 0 saturated carbocycles. The van der Waals surface area contributed by atoms with Crippen LogP contribution in [-0.4, -0.2) is 36.4 Å². The van der Waals surface area contributed by atoms with Gasteiger partial charge in [-0.2, -0.15) is 0 Å². The Labute approximate surface area is 101 Å². The van der Waals surface area contributed by atoms with E-state index in [9.17, 15) is 4.79 Å². The molecule has 94 valence electrons. The van der Waals surface area contributed by atoms with Crippen molar-refractivity contribution in [2.24, 2.45) is 5.92 Å². The highest BCUT2D eigenvalue weighted by Gasteiger charge is 2.33. The smallest absolute Gasteiger partial charge is 0.245 e. The topological polar surface area (TPSA) is 55.3 Å². The fourth-order valence-electron chi connectivity index (χ4n) is 1.96. The molecule has 1 aliphatic heterocycles. The lowest BCUT2D eigenvalue weighted by Gasteiger charge is -2.18. The van der Waals surface area contributed by atoms with Crippen LogP contribution >= 0.6 is 0 Å². The van der Waals surface area contributed by atoms with Gasteiger partial charge in [0, 0.05) is 18.4 Å². The van der Waals surface area contributed by atoms with Crippen molar-refractivity contribution in [1.29, 1.82) is 0 Å². The number of hydrogen-bond acceptors (Lipinski definition) is 3. The molecule has 1 amide bonds. The molecule has 1 saturated heterocycles. The summed E-state index contributed by atoms with van der Waals surface area (Å²) in [6.07, 6.45) is 4.67. The molecule has 1 aliphatic rings. The molecule has 2 unspecified atom stereocenters. The summed E-state index contributed by atoms with van der Waals surface area (Å²) in [5.41, 5.74) is 2.83. The lowest BCUT2D eigenvalue weighted by Crippen LogP contribution is -2.43. The predicted octanol–water partition coefficient (Wildman–Crippen LogP) is 0.573. The molecule has 1 aromatic rings. The Morgan fingerprint density at radius 3 is 2.88 bits per heavy atom. The summed E-state index contributed by atoms with van der Waals surface area (Å²) in [5.74, 6) is -0.101. The minimum Gasteiger partial charge on any atom is -0.379 e. The molecule has 2 rings (SSSR count). The van der Waals surface area contributed by atoms with Crippen LogP contribution in [-0.2, 0) is 9.53 Å². The highest BCUT2D eigenvalue weighted by molar-refractivity contribution is 5.87. The molecule has 1 fully saturated rings. The molecule has 2 N–H and O–H groups in total. The van der Waals surface area contributed by atoms with Crippen LogP contribution in [0.2, 0.25) is 0 Å². The first-order valence-corrected chi connectivity index (χ1v) is 6.06. The molecular weight excluding hydrogens is 218 g/mol. The largest absolute Gasteiger partial charge is 0.379 e. The van der Waals surface area contributed by atoms with E-state index in [0.717, 1.165) is 13.0 Å². The summed E-state index contributed by atoms with van der Waals surface area (Å²) in [6, 6.07) is 3.88. The van der Waals surface area contributed by atoms with Gasteiger partial charge in [-0.1, -0.05) is 6.92 Å². The van der Waals surface area contributed by atoms with E-state index in [2.05, 4.69) is 17.7 Å². The normalized spacial score (nSPS) is 23.8. The van der Waals surface area contributed by atoms with Gasteiger partial charge in [-0.25, -0.2) is 0 Å². The molecule has 0 aliphatic carbocycles. The van der Waals surface area contributed by atoms with Gasteiger partial charge in [-0.3, -0.25) is 14.9 Å². The van der Waals surface area contributed by atoms with E-state index < -0.39 is 0 Å². The molecule has 5 nitrogen and oxygen atoms in total. The number of carbonyl (C=O) groups excluding carboxylic acids is 1. The first-order chi connectivity index (χ1) is 8.31. The SMILES string of the molecule is CCCNC1COCC1C(=O)Nn1cccc1. The summed E-state index contributed by atoms with van der Waals surface area (Å²) in [7, 11) is 0. The minimum absolute atomic E-state index is 0.00676. The highest BCUT2D eigenvalue weighted by atomic mass is 16.5. The van der Waals surface area contributed by atoms with E-state index in [1.54, 1.807) is 4.68 Å². The van der Waals surface area contributed by atoms with Crippen LogP contribution in [0.25, 0.3) is 0 Å². The Kier molecular flexibility index (Phi) is 4.17. The number of nitrogens with one attached hydrogen (secondary N) is 2. The Morgan fingerprint density at radius 2 is 2.18 bits per heavy atom. The van der Waals surface area contributed by atoms with Crippen molar-refractivity contribution in [1.82, 2.24) is 9.99 Å². The zero-order valence-electron chi connectivity index (χ0n) is 10.1. The van der Waals surface area contributed by atoms with E-state index in [4.69, 9.17) is 4.74 Å². The lowest BCUT2D eigenvalue weighted by atomic mass is 10.0. The molecule has 17 heavy (non-hydrogen) atoms. The lowest BCUT2D eigenvalue weighted by molar-refractivity contribution is -0.121. The van der Waals surface area contributed by atoms with Gasteiger partial charge in [0.05, 0.1) is 19.1 Å². The van der Waals surface area contributed by atoms with Crippen molar-refractivity contribution < 1.29 is 9.53 Å². The number of ether oxygens (including phenoxy) is 1. The number of nitrogens with zero attached hydrogens (tertiary/aromatic N) is 1. The van der Waals surface area contributed by atoms with Crippen molar-refractivity contribution in [2.45, 2.75) is 19.4 Å².